The van der Waals surface area contributed by atoms with Gasteiger partial charge in [0, 0.05) is 18.0 Å². The van der Waals surface area contributed by atoms with Crippen molar-refractivity contribution in [2.24, 2.45) is 0 Å². The highest BCUT2D eigenvalue weighted by molar-refractivity contribution is 9.10. The molecule has 0 heterocycles. The number of hydrogen-bond acceptors (Lipinski definition) is 2. The molecule has 2 nitrogen and oxygen atoms in total. The number of rotatable bonds is 3. The fourth-order valence-electron chi connectivity index (χ4n) is 2.63. The summed E-state index contributed by atoms with van der Waals surface area (Å²) in [5.74, 6) is -0.270. The number of aliphatic hydroxyl groups is 1. The van der Waals surface area contributed by atoms with E-state index < -0.39 is 5.60 Å². The highest BCUT2D eigenvalue weighted by Gasteiger charge is 2.33. The molecule has 4 heteroatoms. The zero-order chi connectivity index (χ0) is 13.2. The molecule has 1 fully saturated rings. The van der Waals surface area contributed by atoms with E-state index in [9.17, 15) is 9.50 Å². The molecule has 0 aliphatic heterocycles. The van der Waals surface area contributed by atoms with Gasteiger partial charge in [-0.3, -0.25) is 0 Å². The summed E-state index contributed by atoms with van der Waals surface area (Å²) in [7, 11) is 1.71. The summed E-state index contributed by atoms with van der Waals surface area (Å²) in [6.45, 7) is 0. The molecular formula is C14H18BrFO2. The Hall–Kier alpha value is -0.450. The number of ether oxygens (including phenoxy) is 1. The Morgan fingerprint density at radius 3 is 2.61 bits per heavy atom. The van der Waals surface area contributed by atoms with E-state index >= 15 is 0 Å². The Balaban J connectivity index is 2.04. The zero-order valence-corrected chi connectivity index (χ0v) is 12.0. The number of methoxy groups -OCH3 is 1. The van der Waals surface area contributed by atoms with Crippen LogP contribution < -0.4 is 0 Å². The summed E-state index contributed by atoms with van der Waals surface area (Å²) >= 11 is 3.27. The third-order valence-corrected chi connectivity index (χ3v) is 4.11. The molecule has 0 radical (unpaired) electrons. The molecule has 1 aromatic rings. The number of hydrogen-bond donors (Lipinski definition) is 1. The van der Waals surface area contributed by atoms with Crippen LogP contribution in [0, 0.1) is 5.82 Å². The second kappa shape index (κ2) is 5.68. The molecule has 1 aliphatic rings. The quantitative estimate of drug-likeness (QED) is 0.925. The maximum atomic E-state index is 13.3. The molecule has 1 saturated carbocycles. The summed E-state index contributed by atoms with van der Waals surface area (Å²) in [5.41, 5.74) is 0.114. The molecule has 0 amide bonds. The van der Waals surface area contributed by atoms with E-state index in [0.717, 1.165) is 18.4 Å². The summed E-state index contributed by atoms with van der Waals surface area (Å²) in [5, 5.41) is 10.5. The van der Waals surface area contributed by atoms with Crippen molar-refractivity contribution in [3.63, 3.8) is 0 Å². The van der Waals surface area contributed by atoms with E-state index in [0.29, 0.717) is 23.7 Å². The predicted octanol–water partition coefficient (Wildman–Crippen LogP) is 3.45. The first kappa shape index (κ1) is 14.0. The molecule has 1 aliphatic carbocycles. The van der Waals surface area contributed by atoms with Crippen molar-refractivity contribution >= 4 is 15.9 Å². The van der Waals surface area contributed by atoms with Gasteiger partial charge < -0.3 is 9.84 Å². The van der Waals surface area contributed by atoms with Crippen LogP contribution in [-0.4, -0.2) is 23.9 Å². The van der Waals surface area contributed by atoms with Crippen molar-refractivity contribution < 1.29 is 14.2 Å². The van der Waals surface area contributed by atoms with Gasteiger partial charge >= 0.3 is 0 Å². The average Bonchev–Trinajstić information content (AvgIpc) is 2.28. The van der Waals surface area contributed by atoms with Crippen molar-refractivity contribution in [2.45, 2.75) is 43.8 Å². The first-order valence-corrected chi connectivity index (χ1v) is 7.00. The van der Waals surface area contributed by atoms with Crippen molar-refractivity contribution in [1.29, 1.82) is 0 Å². The first-order valence-electron chi connectivity index (χ1n) is 6.21. The van der Waals surface area contributed by atoms with E-state index in [2.05, 4.69) is 15.9 Å². The van der Waals surface area contributed by atoms with E-state index in [1.807, 2.05) is 6.07 Å². The molecular weight excluding hydrogens is 299 g/mol. The molecule has 0 spiro atoms. The van der Waals surface area contributed by atoms with Gasteiger partial charge in [-0.1, -0.05) is 15.9 Å². The van der Waals surface area contributed by atoms with Crippen LogP contribution in [0.4, 0.5) is 4.39 Å². The molecule has 0 bridgehead atoms. The Labute approximate surface area is 115 Å². The topological polar surface area (TPSA) is 29.5 Å². The average molecular weight is 317 g/mol. The van der Waals surface area contributed by atoms with E-state index in [4.69, 9.17) is 4.74 Å². The molecule has 1 N–H and O–H groups in total. The third-order valence-electron chi connectivity index (χ3n) is 3.65. The largest absolute Gasteiger partial charge is 0.390 e. The minimum Gasteiger partial charge on any atom is -0.390 e. The monoisotopic (exact) mass is 316 g/mol. The lowest BCUT2D eigenvalue weighted by Crippen LogP contribution is -2.38. The van der Waals surface area contributed by atoms with Gasteiger partial charge in [0.25, 0.3) is 0 Å². The van der Waals surface area contributed by atoms with Gasteiger partial charge in [0.2, 0.25) is 0 Å². The van der Waals surface area contributed by atoms with Gasteiger partial charge in [-0.2, -0.15) is 0 Å². The van der Waals surface area contributed by atoms with Gasteiger partial charge in [-0.25, -0.2) is 4.39 Å². The minimum absolute atomic E-state index is 0.254. The van der Waals surface area contributed by atoms with Crippen LogP contribution in [0.5, 0.6) is 0 Å². The molecule has 100 valence electrons. The maximum Gasteiger partial charge on any atom is 0.124 e. The van der Waals surface area contributed by atoms with Crippen molar-refractivity contribution in [3.05, 3.63) is 34.1 Å². The number of halogens is 2. The SMILES string of the molecule is COC1CCC(O)(Cc2cc(F)cc(Br)c2)CC1. The second-order valence-corrected chi connectivity index (χ2v) is 6.03. The Kier molecular flexibility index (Phi) is 4.41. The van der Waals surface area contributed by atoms with Crippen LogP contribution in [-0.2, 0) is 11.2 Å². The van der Waals surface area contributed by atoms with Gasteiger partial charge in [0.05, 0.1) is 11.7 Å². The highest BCUT2D eigenvalue weighted by atomic mass is 79.9. The molecule has 0 unspecified atom stereocenters. The fourth-order valence-corrected chi connectivity index (χ4v) is 3.15. The lowest BCUT2D eigenvalue weighted by molar-refractivity contribution is -0.0427. The molecule has 2 rings (SSSR count). The van der Waals surface area contributed by atoms with Crippen LogP contribution in [0.1, 0.15) is 31.2 Å². The zero-order valence-electron chi connectivity index (χ0n) is 10.5. The minimum atomic E-state index is -0.720. The first-order chi connectivity index (χ1) is 8.50. The molecule has 0 saturated heterocycles. The lowest BCUT2D eigenvalue weighted by Gasteiger charge is -2.35. The molecule has 0 aromatic heterocycles. The van der Waals surface area contributed by atoms with E-state index in [1.54, 1.807) is 7.11 Å². The van der Waals surface area contributed by atoms with Gasteiger partial charge in [0.15, 0.2) is 0 Å². The molecule has 18 heavy (non-hydrogen) atoms. The normalized spacial score (nSPS) is 28.3. The Bertz CT molecular complexity index is 394. The Morgan fingerprint density at radius 2 is 2.06 bits per heavy atom. The van der Waals surface area contributed by atoms with Crippen LogP contribution in [0.15, 0.2) is 22.7 Å². The Morgan fingerprint density at radius 1 is 1.39 bits per heavy atom. The molecule has 0 atom stereocenters. The second-order valence-electron chi connectivity index (χ2n) is 5.11. The van der Waals surface area contributed by atoms with Crippen LogP contribution in [0.25, 0.3) is 0 Å². The van der Waals surface area contributed by atoms with Gasteiger partial charge in [0.1, 0.15) is 5.82 Å². The van der Waals surface area contributed by atoms with E-state index in [-0.39, 0.29) is 11.9 Å². The van der Waals surface area contributed by atoms with Gasteiger partial charge in [-0.15, -0.1) is 0 Å². The third kappa shape index (κ3) is 3.53. The van der Waals surface area contributed by atoms with Crippen molar-refractivity contribution in [2.75, 3.05) is 7.11 Å². The summed E-state index contributed by atoms with van der Waals surface area (Å²) in [4.78, 5) is 0. The van der Waals surface area contributed by atoms with Crippen LogP contribution in [0.2, 0.25) is 0 Å². The summed E-state index contributed by atoms with van der Waals surface area (Å²) < 4.78 is 19.3. The summed E-state index contributed by atoms with van der Waals surface area (Å²) in [6, 6.07) is 4.78. The van der Waals surface area contributed by atoms with Crippen LogP contribution in [0.3, 0.4) is 0 Å². The highest BCUT2D eigenvalue weighted by Crippen LogP contribution is 2.33. The van der Waals surface area contributed by atoms with E-state index in [1.165, 1.54) is 12.1 Å². The smallest absolute Gasteiger partial charge is 0.124 e. The fraction of sp³-hybridized carbons (Fsp3) is 0.571. The molecule has 1 aromatic carbocycles. The van der Waals surface area contributed by atoms with Crippen molar-refractivity contribution in [1.82, 2.24) is 0 Å². The number of benzene rings is 1. The summed E-state index contributed by atoms with van der Waals surface area (Å²) in [6.07, 6.45) is 3.90. The van der Waals surface area contributed by atoms with Crippen molar-refractivity contribution in [3.8, 4) is 0 Å². The lowest BCUT2D eigenvalue weighted by atomic mass is 9.79. The van der Waals surface area contributed by atoms with Crippen LogP contribution >= 0.6 is 15.9 Å². The maximum absolute atomic E-state index is 13.3. The predicted molar refractivity (Wildman–Crippen MR) is 72.0 cm³/mol. The van der Waals surface area contributed by atoms with Gasteiger partial charge in [-0.05, 0) is 49.4 Å². The standard InChI is InChI=1S/C14H18BrFO2/c1-18-13-2-4-14(17,5-3-13)9-10-6-11(15)8-12(16)7-10/h6-8,13,17H,2-5,9H2,1H3.